The van der Waals surface area contributed by atoms with Crippen LogP contribution in [0.25, 0.3) is 10.2 Å². The number of hydrogen-bond acceptors (Lipinski definition) is 5. The van der Waals surface area contributed by atoms with Crippen LogP contribution in [-0.2, 0) is 6.67 Å². The fraction of sp³-hybridized carbons (Fsp3) is 0.200. The van der Waals surface area contributed by atoms with E-state index < -0.39 is 0 Å². The van der Waals surface area contributed by atoms with Gasteiger partial charge in [-0.25, -0.2) is 4.98 Å². The third kappa shape index (κ3) is 2.62. The Kier molecular flexibility index (Phi) is 3.62. The largest absolute Gasteiger partial charge is 0.278 e. The van der Waals surface area contributed by atoms with Crippen molar-refractivity contribution < 1.29 is 0 Å². The standard InChI is InChI=1S/C15H14N4OS/c1-10-11(2)21-14-13(10)15(20)19(9-18-14)8-16-7-12-5-3-4-6-17-12/h3-7,9H,8H2,1-2H3/b16-7+. The average molecular weight is 298 g/mol. The van der Waals surface area contributed by atoms with E-state index in [0.717, 1.165) is 21.0 Å². The van der Waals surface area contributed by atoms with Gasteiger partial charge in [0, 0.05) is 17.3 Å². The Morgan fingerprint density at radius 2 is 2.19 bits per heavy atom. The third-order valence-electron chi connectivity index (χ3n) is 3.30. The maximum atomic E-state index is 12.4. The summed E-state index contributed by atoms with van der Waals surface area (Å²) in [6.07, 6.45) is 4.91. The SMILES string of the molecule is Cc1sc2ncn(C/N=C/c3ccccn3)c(=O)c2c1C. The second-order valence-electron chi connectivity index (χ2n) is 4.69. The van der Waals surface area contributed by atoms with E-state index in [1.807, 2.05) is 32.0 Å². The molecule has 21 heavy (non-hydrogen) atoms. The van der Waals surface area contributed by atoms with Gasteiger partial charge in [0.25, 0.3) is 5.56 Å². The lowest BCUT2D eigenvalue weighted by molar-refractivity contribution is 0.696. The second kappa shape index (κ2) is 5.57. The molecule has 0 bridgehead atoms. The number of aryl methyl sites for hydroxylation is 2. The molecule has 0 amide bonds. The number of rotatable bonds is 3. The molecule has 0 saturated carbocycles. The molecule has 3 rings (SSSR count). The van der Waals surface area contributed by atoms with Crippen molar-refractivity contribution in [1.82, 2.24) is 14.5 Å². The van der Waals surface area contributed by atoms with Crippen molar-refractivity contribution in [1.29, 1.82) is 0 Å². The van der Waals surface area contributed by atoms with Gasteiger partial charge < -0.3 is 0 Å². The summed E-state index contributed by atoms with van der Waals surface area (Å²) < 4.78 is 1.51. The molecule has 0 aromatic carbocycles. The molecule has 0 unspecified atom stereocenters. The van der Waals surface area contributed by atoms with Gasteiger partial charge in [0.05, 0.1) is 11.1 Å². The summed E-state index contributed by atoms with van der Waals surface area (Å²) in [5.41, 5.74) is 1.73. The van der Waals surface area contributed by atoms with Gasteiger partial charge in [-0.15, -0.1) is 11.3 Å². The van der Waals surface area contributed by atoms with Crippen molar-refractivity contribution in [3.8, 4) is 0 Å². The predicted molar refractivity (Wildman–Crippen MR) is 85.2 cm³/mol. The molecule has 0 saturated heterocycles. The molecule has 0 spiro atoms. The summed E-state index contributed by atoms with van der Waals surface area (Å²) in [6.45, 7) is 4.20. The number of hydrogen-bond donors (Lipinski definition) is 0. The Hall–Kier alpha value is -2.34. The van der Waals surface area contributed by atoms with E-state index in [1.54, 1.807) is 30.1 Å². The average Bonchev–Trinajstić information content (AvgIpc) is 2.78. The van der Waals surface area contributed by atoms with E-state index in [-0.39, 0.29) is 12.2 Å². The molecule has 0 aliphatic rings. The number of thiophene rings is 1. The topological polar surface area (TPSA) is 60.1 Å². The molecule has 5 nitrogen and oxygen atoms in total. The van der Waals surface area contributed by atoms with Gasteiger partial charge in [-0.3, -0.25) is 19.3 Å². The highest BCUT2D eigenvalue weighted by molar-refractivity contribution is 7.18. The Balaban J connectivity index is 1.91. The van der Waals surface area contributed by atoms with Crippen molar-refractivity contribution in [2.45, 2.75) is 20.5 Å². The van der Waals surface area contributed by atoms with Crippen molar-refractivity contribution in [2.24, 2.45) is 4.99 Å². The maximum Gasteiger partial charge on any atom is 0.263 e. The minimum absolute atomic E-state index is 0.0416. The fourth-order valence-electron chi connectivity index (χ4n) is 2.05. The Bertz CT molecular complexity index is 865. The molecule has 0 aliphatic carbocycles. The number of aromatic nitrogens is 3. The molecule has 0 radical (unpaired) electrons. The van der Waals surface area contributed by atoms with E-state index in [2.05, 4.69) is 15.0 Å². The quantitative estimate of drug-likeness (QED) is 0.698. The summed E-state index contributed by atoms with van der Waals surface area (Å²) in [6, 6.07) is 5.60. The van der Waals surface area contributed by atoms with Gasteiger partial charge in [-0.1, -0.05) is 6.07 Å². The first-order chi connectivity index (χ1) is 10.2. The minimum atomic E-state index is -0.0416. The first-order valence-corrected chi connectivity index (χ1v) is 7.34. The summed E-state index contributed by atoms with van der Waals surface area (Å²) in [5.74, 6) is 0. The maximum absolute atomic E-state index is 12.4. The molecule has 0 aliphatic heterocycles. The lowest BCUT2D eigenvalue weighted by Crippen LogP contribution is -2.19. The molecule has 3 heterocycles. The summed E-state index contributed by atoms with van der Waals surface area (Å²) >= 11 is 1.55. The highest BCUT2D eigenvalue weighted by Crippen LogP contribution is 2.25. The number of pyridine rings is 1. The third-order valence-corrected chi connectivity index (χ3v) is 4.42. The normalized spacial score (nSPS) is 11.5. The molecule has 3 aromatic rings. The second-order valence-corrected chi connectivity index (χ2v) is 5.89. The van der Waals surface area contributed by atoms with Crippen LogP contribution >= 0.6 is 11.3 Å². The first-order valence-electron chi connectivity index (χ1n) is 6.53. The summed E-state index contributed by atoms with van der Waals surface area (Å²) in [5, 5.41) is 0.702. The van der Waals surface area contributed by atoms with E-state index in [1.165, 1.54) is 4.57 Å². The molecule has 3 aromatic heterocycles. The smallest absolute Gasteiger partial charge is 0.263 e. The highest BCUT2D eigenvalue weighted by Gasteiger charge is 2.11. The summed E-state index contributed by atoms with van der Waals surface area (Å²) in [4.78, 5) is 27.1. The van der Waals surface area contributed by atoms with E-state index in [0.29, 0.717) is 5.39 Å². The fourth-order valence-corrected chi connectivity index (χ4v) is 3.03. The van der Waals surface area contributed by atoms with Crippen LogP contribution < -0.4 is 5.56 Å². The van der Waals surface area contributed by atoms with Crippen LogP contribution in [0.3, 0.4) is 0 Å². The van der Waals surface area contributed by atoms with E-state index >= 15 is 0 Å². The van der Waals surface area contributed by atoms with Gasteiger partial charge in [-0.2, -0.15) is 0 Å². The molecule has 106 valence electrons. The zero-order chi connectivity index (χ0) is 14.8. The van der Waals surface area contributed by atoms with Crippen molar-refractivity contribution in [3.05, 3.63) is 57.2 Å². The van der Waals surface area contributed by atoms with Gasteiger partial charge in [0.15, 0.2) is 0 Å². The molecule has 0 N–H and O–H groups in total. The summed E-state index contributed by atoms with van der Waals surface area (Å²) in [7, 11) is 0. The van der Waals surface area contributed by atoms with Crippen LogP contribution in [0.1, 0.15) is 16.1 Å². The highest BCUT2D eigenvalue weighted by atomic mass is 32.1. The zero-order valence-electron chi connectivity index (χ0n) is 11.8. The Morgan fingerprint density at radius 1 is 1.33 bits per heavy atom. The van der Waals surface area contributed by atoms with Gasteiger partial charge in [-0.05, 0) is 31.5 Å². The predicted octanol–water partition coefficient (Wildman–Crippen LogP) is 2.55. The molecular formula is C15H14N4OS. The van der Waals surface area contributed by atoms with Crippen LogP contribution in [0.15, 0.2) is 40.5 Å². The van der Waals surface area contributed by atoms with Gasteiger partial charge in [0.1, 0.15) is 17.8 Å². The lowest BCUT2D eigenvalue weighted by atomic mass is 10.2. The van der Waals surface area contributed by atoms with Gasteiger partial charge in [0.2, 0.25) is 0 Å². The molecular weight excluding hydrogens is 284 g/mol. The first kappa shape index (κ1) is 13.6. The van der Waals surface area contributed by atoms with Crippen LogP contribution in [0.2, 0.25) is 0 Å². The minimum Gasteiger partial charge on any atom is -0.278 e. The van der Waals surface area contributed by atoms with Crippen LogP contribution in [-0.4, -0.2) is 20.7 Å². The van der Waals surface area contributed by atoms with Crippen molar-refractivity contribution >= 4 is 27.8 Å². The van der Waals surface area contributed by atoms with Gasteiger partial charge >= 0.3 is 0 Å². The lowest BCUT2D eigenvalue weighted by Gasteiger charge is -2.01. The monoisotopic (exact) mass is 298 g/mol. The van der Waals surface area contributed by atoms with Crippen LogP contribution in [0.4, 0.5) is 0 Å². The number of fused-ring (bicyclic) bond motifs is 1. The van der Waals surface area contributed by atoms with Crippen molar-refractivity contribution in [2.75, 3.05) is 0 Å². The number of aliphatic imine (C=N–C) groups is 1. The number of nitrogens with zero attached hydrogens (tertiary/aromatic N) is 4. The van der Waals surface area contributed by atoms with Crippen LogP contribution in [0, 0.1) is 13.8 Å². The Labute approximate surface area is 125 Å². The van der Waals surface area contributed by atoms with E-state index in [9.17, 15) is 4.79 Å². The molecule has 0 fully saturated rings. The molecule has 0 atom stereocenters. The van der Waals surface area contributed by atoms with Crippen molar-refractivity contribution in [3.63, 3.8) is 0 Å². The van der Waals surface area contributed by atoms with E-state index in [4.69, 9.17) is 0 Å². The Morgan fingerprint density at radius 3 is 2.95 bits per heavy atom. The zero-order valence-corrected chi connectivity index (χ0v) is 12.6. The van der Waals surface area contributed by atoms with Crippen LogP contribution in [0.5, 0.6) is 0 Å². The molecule has 6 heteroatoms.